The zero-order valence-electron chi connectivity index (χ0n) is 9.39. The Hall–Kier alpha value is -1.11. The van der Waals surface area contributed by atoms with Crippen LogP contribution in [-0.4, -0.2) is 25.7 Å². The van der Waals surface area contributed by atoms with E-state index in [-0.39, 0.29) is 17.0 Å². The molecule has 4 N–H and O–H groups in total. The summed E-state index contributed by atoms with van der Waals surface area (Å²) >= 11 is 0. The summed E-state index contributed by atoms with van der Waals surface area (Å²) in [4.78, 5) is 0.0923. The Morgan fingerprint density at radius 2 is 1.88 bits per heavy atom. The normalized spacial score (nSPS) is 18.5. The molecule has 0 unspecified atom stereocenters. The third kappa shape index (κ3) is 2.59. The first-order valence-corrected chi connectivity index (χ1v) is 7.02. The molecule has 2 rings (SSSR count). The van der Waals surface area contributed by atoms with Gasteiger partial charge in [-0.2, -0.15) is 0 Å². The number of primary sulfonamides is 1. The molecule has 6 heteroatoms. The van der Waals surface area contributed by atoms with E-state index in [2.05, 4.69) is 5.32 Å². The van der Waals surface area contributed by atoms with Gasteiger partial charge in [-0.05, 0) is 43.5 Å². The Bertz CT molecular complexity index is 486. The second-order valence-electron chi connectivity index (χ2n) is 4.49. The van der Waals surface area contributed by atoms with E-state index in [4.69, 9.17) is 5.14 Å². The average Bonchev–Trinajstić information content (AvgIpc) is 2.23. The van der Waals surface area contributed by atoms with Gasteiger partial charge in [0.05, 0.1) is 17.0 Å². The molecule has 0 radical (unpaired) electrons. The lowest BCUT2D eigenvalue weighted by Crippen LogP contribution is -2.48. The minimum Gasteiger partial charge on any atom is -0.394 e. The van der Waals surface area contributed by atoms with Gasteiger partial charge in [-0.1, -0.05) is 0 Å². The van der Waals surface area contributed by atoms with Crippen LogP contribution in [0.5, 0.6) is 0 Å². The fourth-order valence-corrected chi connectivity index (χ4v) is 2.48. The monoisotopic (exact) mass is 256 g/mol. The predicted octanol–water partition coefficient (Wildman–Crippen LogP) is 0.661. The van der Waals surface area contributed by atoms with Crippen molar-refractivity contribution in [3.63, 3.8) is 0 Å². The molecular weight excluding hydrogens is 240 g/mol. The number of nitrogens with two attached hydrogens (primary N) is 1. The second kappa shape index (κ2) is 4.29. The largest absolute Gasteiger partial charge is 0.394 e. The lowest BCUT2D eigenvalue weighted by atomic mass is 9.77. The number of aliphatic hydroxyl groups is 1. The summed E-state index contributed by atoms with van der Waals surface area (Å²) in [6, 6.07) is 6.24. The van der Waals surface area contributed by atoms with Crippen molar-refractivity contribution in [2.45, 2.75) is 29.7 Å². The number of hydrogen-bond acceptors (Lipinski definition) is 4. The Labute approximate surface area is 101 Å². The van der Waals surface area contributed by atoms with Crippen molar-refractivity contribution < 1.29 is 13.5 Å². The Morgan fingerprint density at radius 3 is 2.24 bits per heavy atom. The fraction of sp³-hybridized carbons (Fsp3) is 0.455. The SMILES string of the molecule is NS(=O)(=O)c1ccc(NC2(CO)CCC2)cc1. The molecule has 0 saturated heterocycles. The number of anilines is 1. The van der Waals surface area contributed by atoms with Crippen LogP contribution in [0, 0.1) is 0 Å². The summed E-state index contributed by atoms with van der Waals surface area (Å²) in [6.45, 7) is 0.0872. The molecule has 0 bridgehead atoms. The van der Waals surface area contributed by atoms with E-state index >= 15 is 0 Å². The number of aliphatic hydroxyl groups excluding tert-OH is 1. The van der Waals surface area contributed by atoms with Crippen molar-refractivity contribution in [2.75, 3.05) is 11.9 Å². The maximum absolute atomic E-state index is 11.1. The fourth-order valence-electron chi connectivity index (χ4n) is 1.96. The highest BCUT2D eigenvalue weighted by molar-refractivity contribution is 7.89. The number of rotatable bonds is 4. The maximum atomic E-state index is 11.1. The number of benzene rings is 1. The first-order chi connectivity index (χ1) is 7.95. The van der Waals surface area contributed by atoms with Crippen molar-refractivity contribution in [2.24, 2.45) is 5.14 Å². The highest BCUT2D eigenvalue weighted by atomic mass is 32.2. The standard InChI is InChI=1S/C11H16N2O3S/c12-17(15,16)10-4-2-9(3-5-10)13-11(8-14)6-1-7-11/h2-5,13-14H,1,6-8H2,(H2,12,15,16). The van der Waals surface area contributed by atoms with Crippen LogP contribution in [0.3, 0.4) is 0 Å². The smallest absolute Gasteiger partial charge is 0.238 e. The van der Waals surface area contributed by atoms with Gasteiger partial charge in [0.15, 0.2) is 0 Å². The van der Waals surface area contributed by atoms with Crippen molar-refractivity contribution in [3.05, 3.63) is 24.3 Å². The third-order valence-electron chi connectivity index (χ3n) is 3.21. The number of hydrogen-bond donors (Lipinski definition) is 3. The molecule has 0 amide bonds. The molecule has 1 fully saturated rings. The van der Waals surface area contributed by atoms with Gasteiger partial charge < -0.3 is 10.4 Å². The van der Waals surface area contributed by atoms with Crippen LogP contribution in [0.4, 0.5) is 5.69 Å². The van der Waals surface area contributed by atoms with E-state index < -0.39 is 10.0 Å². The zero-order chi connectivity index (χ0) is 12.5. The maximum Gasteiger partial charge on any atom is 0.238 e. The molecule has 0 atom stereocenters. The molecule has 0 spiro atoms. The summed E-state index contributed by atoms with van der Waals surface area (Å²) < 4.78 is 22.1. The number of sulfonamides is 1. The molecule has 0 heterocycles. The van der Waals surface area contributed by atoms with Crippen LogP contribution in [0.2, 0.25) is 0 Å². The van der Waals surface area contributed by atoms with Crippen LogP contribution in [-0.2, 0) is 10.0 Å². The molecular formula is C11H16N2O3S. The van der Waals surface area contributed by atoms with Crippen LogP contribution in [0.25, 0.3) is 0 Å². The third-order valence-corrected chi connectivity index (χ3v) is 4.13. The lowest BCUT2D eigenvalue weighted by molar-refractivity contribution is 0.144. The Morgan fingerprint density at radius 1 is 1.29 bits per heavy atom. The molecule has 1 saturated carbocycles. The van der Waals surface area contributed by atoms with Gasteiger partial charge in [0.1, 0.15) is 0 Å². The first-order valence-electron chi connectivity index (χ1n) is 5.47. The van der Waals surface area contributed by atoms with Crippen LogP contribution in [0.1, 0.15) is 19.3 Å². The average molecular weight is 256 g/mol. The predicted molar refractivity (Wildman–Crippen MR) is 65.1 cm³/mol. The zero-order valence-corrected chi connectivity index (χ0v) is 10.2. The molecule has 1 aromatic carbocycles. The topological polar surface area (TPSA) is 92.4 Å². The van der Waals surface area contributed by atoms with E-state index in [9.17, 15) is 13.5 Å². The molecule has 1 aromatic rings. The molecule has 94 valence electrons. The van der Waals surface area contributed by atoms with Crippen molar-refractivity contribution >= 4 is 15.7 Å². The van der Waals surface area contributed by atoms with E-state index in [1.165, 1.54) is 12.1 Å². The molecule has 1 aliphatic rings. The Kier molecular flexibility index (Phi) is 3.11. The van der Waals surface area contributed by atoms with Crippen LogP contribution < -0.4 is 10.5 Å². The Balaban J connectivity index is 2.14. The van der Waals surface area contributed by atoms with E-state index in [1.807, 2.05) is 0 Å². The summed E-state index contributed by atoms with van der Waals surface area (Å²) in [5.41, 5.74) is 0.564. The van der Waals surface area contributed by atoms with E-state index in [1.54, 1.807) is 12.1 Å². The summed E-state index contributed by atoms with van der Waals surface area (Å²) in [7, 11) is -3.64. The van der Waals surface area contributed by atoms with E-state index in [0.29, 0.717) is 0 Å². The van der Waals surface area contributed by atoms with Gasteiger partial charge in [0.25, 0.3) is 0 Å². The summed E-state index contributed by atoms with van der Waals surface area (Å²) in [5, 5.41) is 17.5. The minimum absolute atomic E-state index is 0.0872. The highest BCUT2D eigenvalue weighted by Gasteiger charge is 2.36. The summed E-state index contributed by atoms with van der Waals surface area (Å²) in [5.74, 6) is 0. The van der Waals surface area contributed by atoms with Gasteiger partial charge in [-0.3, -0.25) is 0 Å². The van der Waals surface area contributed by atoms with E-state index in [0.717, 1.165) is 24.9 Å². The molecule has 0 aromatic heterocycles. The number of nitrogens with one attached hydrogen (secondary N) is 1. The first kappa shape index (κ1) is 12.3. The lowest BCUT2D eigenvalue weighted by Gasteiger charge is -2.41. The minimum atomic E-state index is -3.64. The van der Waals surface area contributed by atoms with Crippen molar-refractivity contribution in [1.82, 2.24) is 0 Å². The van der Waals surface area contributed by atoms with Gasteiger partial charge in [0, 0.05) is 5.69 Å². The molecule has 1 aliphatic carbocycles. The summed E-state index contributed by atoms with van der Waals surface area (Å²) in [6.07, 6.45) is 2.96. The highest BCUT2D eigenvalue weighted by Crippen LogP contribution is 2.34. The van der Waals surface area contributed by atoms with Crippen LogP contribution >= 0.6 is 0 Å². The van der Waals surface area contributed by atoms with Crippen molar-refractivity contribution in [3.8, 4) is 0 Å². The van der Waals surface area contributed by atoms with Gasteiger partial charge in [-0.15, -0.1) is 0 Å². The molecule has 0 aliphatic heterocycles. The van der Waals surface area contributed by atoms with Gasteiger partial charge >= 0.3 is 0 Å². The second-order valence-corrected chi connectivity index (χ2v) is 6.05. The molecule has 17 heavy (non-hydrogen) atoms. The van der Waals surface area contributed by atoms with Crippen LogP contribution in [0.15, 0.2) is 29.2 Å². The van der Waals surface area contributed by atoms with Crippen molar-refractivity contribution in [1.29, 1.82) is 0 Å². The quantitative estimate of drug-likeness (QED) is 0.738. The van der Waals surface area contributed by atoms with Gasteiger partial charge in [-0.25, -0.2) is 13.6 Å². The van der Waals surface area contributed by atoms with Gasteiger partial charge in [0.2, 0.25) is 10.0 Å². The molecule has 5 nitrogen and oxygen atoms in total.